The lowest BCUT2D eigenvalue weighted by Gasteiger charge is -2.36. The molecule has 2 atom stereocenters. The van der Waals surface area contributed by atoms with Crippen LogP contribution in [0.2, 0.25) is 15.1 Å². The molecule has 0 bridgehead atoms. The highest BCUT2D eigenvalue weighted by Crippen LogP contribution is 2.39. The third-order valence-corrected chi connectivity index (χ3v) is 7.93. The van der Waals surface area contributed by atoms with E-state index >= 15 is 0 Å². The number of hydrogen-bond donors (Lipinski definition) is 1. The van der Waals surface area contributed by atoms with Crippen LogP contribution in [-0.2, 0) is 12.1 Å². The second-order valence-corrected chi connectivity index (χ2v) is 10.4. The van der Waals surface area contributed by atoms with Gasteiger partial charge in [0.25, 0.3) is 5.56 Å². The molecule has 0 aliphatic rings. The quantitative estimate of drug-likeness (QED) is 0.290. The van der Waals surface area contributed by atoms with Crippen LogP contribution in [0.25, 0.3) is 20.7 Å². The lowest BCUT2D eigenvalue weighted by molar-refractivity contribution is -0.0313. The van der Waals surface area contributed by atoms with Crippen molar-refractivity contribution in [2.24, 2.45) is 0 Å². The number of hydrogen-bond acceptors (Lipinski definition) is 6. The fourth-order valence-corrected chi connectivity index (χ4v) is 5.78. The SMILES string of the molecule is C[C@@H](n1cnc2cc(-c3ccc(Cl)cc3)sc2c1=O)[C@](O)(Cn1cncn1)c1ccc(Cl)cc1Cl. The molecule has 1 N–H and O–H groups in total. The summed E-state index contributed by atoms with van der Waals surface area (Å²) in [4.78, 5) is 23.0. The van der Waals surface area contributed by atoms with E-state index in [1.807, 2.05) is 18.2 Å². The Morgan fingerprint density at radius 2 is 1.80 bits per heavy atom. The maximum Gasteiger partial charge on any atom is 0.271 e. The minimum Gasteiger partial charge on any atom is -0.381 e. The van der Waals surface area contributed by atoms with Crippen LogP contribution >= 0.6 is 46.1 Å². The van der Waals surface area contributed by atoms with E-state index in [2.05, 4.69) is 15.1 Å². The number of nitrogens with zero attached hydrogens (tertiary/aromatic N) is 5. The van der Waals surface area contributed by atoms with Crippen LogP contribution < -0.4 is 5.56 Å². The molecule has 3 aromatic heterocycles. The first-order chi connectivity index (χ1) is 16.8. The number of aliphatic hydroxyl groups is 1. The molecular weight excluding hydrogens is 529 g/mol. The summed E-state index contributed by atoms with van der Waals surface area (Å²) in [5.74, 6) is 0. The van der Waals surface area contributed by atoms with E-state index in [9.17, 15) is 9.90 Å². The molecule has 0 amide bonds. The smallest absolute Gasteiger partial charge is 0.271 e. The van der Waals surface area contributed by atoms with Crippen LogP contribution in [0, 0.1) is 0 Å². The molecule has 0 spiro atoms. The minimum atomic E-state index is -1.63. The van der Waals surface area contributed by atoms with Gasteiger partial charge in [-0.2, -0.15) is 5.10 Å². The van der Waals surface area contributed by atoms with Gasteiger partial charge in [0, 0.05) is 25.5 Å². The van der Waals surface area contributed by atoms with Gasteiger partial charge in [-0.1, -0.05) is 53.0 Å². The van der Waals surface area contributed by atoms with Crippen molar-refractivity contribution < 1.29 is 5.11 Å². The van der Waals surface area contributed by atoms with Crippen LogP contribution in [-0.4, -0.2) is 29.4 Å². The van der Waals surface area contributed by atoms with Crippen molar-refractivity contribution in [1.29, 1.82) is 0 Å². The van der Waals surface area contributed by atoms with E-state index in [-0.39, 0.29) is 17.1 Å². The first kappa shape index (κ1) is 24.0. The molecule has 11 heteroatoms. The first-order valence-corrected chi connectivity index (χ1v) is 12.5. The number of fused-ring (bicyclic) bond motifs is 1. The zero-order valence-electron chi connectivity index (χ0n) is 18.3. The molecule has 0 aliphatic heterocycles. The van der Waals surface area contributed by atoms with Crippen molar-refractivity contribution in [1.82, 2.24) is 24.3 Å². The van der Waals surface area contributed by atoms with Crippen molar-refractivity contribution in [3.8, 4) is 10.4 Å². The molecule has 0 aliphatic carbocycles. The van der Waals surface area contributed by atoms with E-state index in [4.69, 9.17) is 34.8 Å². The van der Waals surface area contributed by atoms with Crippen LogP contribution in [0.1, 0.15) is 18.5 Å². The monoisotopic (exact) mass is 545 g/mol. The highest BCUT2D eigenvalue weighted by atomic mass is 35.5. The van der Waals surface area contributed by atoms with Crippen LogP contribution in [0.15, 0.2) is 72.3 Å². The summed E-state index contributed by atoms with van der Waals surface area (Å²) >= 11 is 19.9. The van der Waals surface area contributed by atoms with Gasteiger partial charge in [-0.05, 0) is 42.8 Å². The van der Waals surface area contributed by atoms with Gasteiger partial charge in [0.2, 0.25) is 0 Å². The fraction of sp³-hybridized carbons (Fsp3) is 0.167. The van der Waals surface area contributed by atoms with Crippen LogP contribution in [0.5, 0.6) is 0 Å². The Morgan fingerprint density at radius 3 is 2.49 bits per heavy atom. The molecular formula is C24H18Cl3N5O2S. The van der Waals surface area contributed by atoms with E-state index < -0.39 is 11.6 Å². The van der Waals surface area contributed by atoms with Crippen molar-refractivity contribution in [2.75, 3.05) is 0 Å². The Morgan fingerprint density at radius 1 is 1.06 bits per heavy atom. The highest BCUT2D eigenvalue weighted by Gasteiger charge is 2.40. The molecule has 5 rings (SSSR count). The Balaban J connectivity index is 1.62. The summed E-state index contributed by atoms with van der Waals surface area (Å²) < 4.78 is 3.39. The lowest BCUT2D eigenvalue weighted by atomic mass is 9.86. The largest absolute Gasteiger partial charge is 0.381 e. The highest BCUT2D eigenvalue weighted by molar-refractivity contribution is 7.22. The molecule has 178 valence electrons. The fourth-order valence-electron chi connectivity index (χ4n) is 4.03. The van der Waals surface area contributed by atoms with Crippen molar-refractivity contribution in [2.45, 2.75) is 25.1 Å². The number of benzene rings is 2. The lowest BCUT2D eigenvalue weighted by Crippen LogP contribution is -2.43. The number of halogens is 3. The van der Waals surface area contributed by atoms with Crippen LogP contribution in [0.3, 0.4) is 0 Å². The Hall–Kier alpha value is -2.75. The summed E-state index contributed by atoms with van der Waals surface area (Å²) in [7, 11) is 0. The number of aromatic nitrogens is 5. The summed E-state index contributed by atoms with van der Waals surface area (Å²) in [5, 5.41) is 17.5. The molecule has 0 fully saturated rings. The third-order valence-electron chi connectivity index (χ3n) is 5.97. The molecule has 5 aromatic rings. The van der Waals surface area contributed by atoms with Crippen molar-refractivity contribution in [3.05, 3.63) is 98.5 Å². The summed E-state index contributed by atoms with van der Waals surface area (Å²) in [5.41, 5.74) is 0.0244. The molecule has 0 saturated carbocycles. The molecule has 3 heterocycles. The Kier molecular flexibility index (Phi) is 6.41. The summed E-state index contributed by atoms with van der Waals surface area (Å²) in [6.07, 6.45) is 4.31. The van der Waals surface area contributed by atoms with Gasteiger partial charge in [0.1, 0.15) is 23.0 Å². The normalized spacial score (nSPS) is 14.2. The van der Waals surface area contributed by atoms with Gasteiger partial charge in [0.15, 0.2) is 0 Å². The molecule has 0 unspecified atom stereocenters. The first-order valence-electron chi connectivity index (χ1n) is 10.5. The molecule has 0 radical (unpaired) electrons. The topological polar surface area (TPSA) is 85.8 Å². The van der Waals surface area contributed by atoms with Gasteiger partial charge in [0.05, 0.1) is 24.4 Å². The maximum absolute atomic E-state index is 13.6. The van der Waals surface area contributed by atoms with E-state index in [1.54, 1.807) is 37.3 Å². The van der Waals surface area contributed by atoms with Gasteiger partial charge >= 0.3 is 0 Å². The zero-order valence-corrected chi connectivity index (χ0v) is 21.4. The van der Waals surface area contributed by atoms with Crippen LogP contribution in [0.4, 0.5) is 0 Å². The van der Waals surface area contributed by atoms with Gasteiger partial charge in [-0.3, -0.25) is 9.36 Å². The van der Waals surface area contributed by atoms with E-state index in [0.29, 0.717) is 25.8 Å². The van der Waals surface area contributed by atoms with E-state index in [0.717, 1.165) is 10.4 Å². The van der Waals surface area contributed by atoms with Crippen molar-refractivity contribution in [3.63, 3.8) is 0 Å². The van der Waals surface area contributed by atoms with Gasteiger partial charge in [-0.15, -0.1) is 11.3 Å². The number of thiophene rings is 1. The van der Waals surface area contributed by atoms with Gasteiger partial charge in [-0.25, -0.2) is 14.6 Å². The average Bonchev–Trinajstić information content (AvgIpc) is 3.49. The summed E-state index contributed by atoms with van der Waals surface area (Å²) in [6.45, 7) is 1.74. The number of rotatable bonds is 6. The summed E-state index contributed by atoms with van der Waals surface area (Å²) in [6, 6.07) is 13.3. The maximum atomic E-state index is 13.6. The van der Waals surface area contributed by atoms with E-state index in [1.165, 1.54) is 39.6 Å². The molecule has 7 nitrogen and oxygen atoms in total. The Labute approximate surface area is 219 Å². The molecule has 0 saturated heterocycles. The average molecular weight is 547 g/mol. The minimum absolute atomic E-state index is 0.000458. The second kappa shape index (κ2) is 9.37. The Bertz CT molecular complexity index is 1570. The third kappa shape index (κ3) is 4.48. The predicted octanol–water partition coefficient (Wildman–Crippen LogP) is 5.83. The van der Waals surface area contributed by atoms with Gasteiger partial charge < -0.3 is 5.11 Å². The predicted molar refractivity (Wildman–Crippen MR) is 139 cm³/mol. The standard InChI is InChI=1S/C24H18Cl3N5O2S/c1-14(24(34,10-31-12-28-11-30-31)18-7-6-17(26)8-19(18)27)32-13-29-20-9-21(35-22(20)23(32)33)15-2-4-16(25)5-3-15/h2-9,11-14,34H,10H2,1H3/t14-,24-/m1/s1. The van der Waals surface area contributed by atoms with Crippen molar-refractivity contribution >= 4 is 56.4 Å². The molecule has 2 aromatic carbocycles. The molecule has 35 heavy (non-hydrogen) atoms. The second-order valence-electron chi connectivity index (χ2n) is 8.11. The zero-order chi connectivity index (χ0) is 24.7.